The van der Waals surface area contributed by atoms with Crippen molar-refractivity contribution in [1.29, 1.82) is 0 Å². The van der Waals surface area contributed by atoms with Gasteiger partial charge in [0.25, 0.3) is 0 Å². The third kappa shape index (κ3) is 4.42. The molecule has 2 rings (SSSR count). The number of nitrogens with one attached hydrogen (secondary N) is 3. The van der Waals surface area contributed by atoms with Crippen molar-refractivity contribution < 1.29 is 4.79 Å². The van der Waals surface area contributed by atoms with Gasteiger partial charge in [-0.15, -0.1) is 0 Å². The van der Waals surface area contributed by atoms with Crippen LogP contribution < -0.4 is 10.6 Å². The maximum Gasteiger partial charge on any atom is 0.237 e. The second-order valence-electron chi connectivity index (χ2n) is 5.92. The normalized spacial score (nSPS) is 13.9. The second kappa shape index (κ2) is 8.83. The average molecular weight is 524 g/mol. The van der Waals surface area contributed by atoms with Gasteiger partial charge in [-0.1, -0.05) is 20.3 Å². The monoisotopic (exact) mass is 521 g/mol. The molecule has 7 heteroatoms. The van der Waals surface area contributed by atoms with Crippen LogP contribution in [0.2, 0.25) is 0 Å². The second-order valence-corrected chi connectivity index (χ2v) is 8.42. The summed E-state index contributed by atoms with van der Waals surface area (Å²) in [4.78, 5) is 15.7. The Balaban J connectivity index is 2.07. The lowest BCUT2D eigenvalue weighted by Crippen LogP contribution is -2.46. The fraction of sp³-hybridized carbons (Fsp3) is 0.471. The van der Waals surface area contributed by atoms with Gasteiger partial charge in [-0.05, 0) is 84.9 Å². The smallest absolute Gasteiger partial charge is 0.237 e. The topological polar surface area (TPSA) is 56.9 Å². The molecule has 0 bridgehead atoms. The lowest BCUT2D eigenvalue weighted by Gasteiger charge is -2.21. The van der Waals surface area contributed by atoms with E-state index in [4.69, 9.17) is 0 Å². The van der Waals surface area contributed by atoms with E-state index in [2.05, 4.69) is 83.3 Å². The summed E-state index contributed by atoms with van der Waals surface area (Å²) in [6.07, 6.45) is 1.73. The molecule has 0 saturated carbocycles. The van der Waals surface area contributed by atoms with Crippen LogP contribution in [0.4, 0.5) is 0 Å². The number of carbonyl (C=O) groups excluding carboxylic acids is 1. The zero-order valence-corrected chi connectivity index (χ0v) is 18.7. The average Bonchev–Trinajstić information content (AvgIpc) is 2.83. The van der Waals surface area contributed by atoms with Crippen LogP contribution in [0.25, 0.3) is 10.9 Å². The number of hydrogen-bond acceptors (Lipinski definition) is 2. The number of halogens is 3. The highest BCUT2D eigenvalue weighted by atomic mass is 79.9. The molecule has 2 aromatic rings. The highest BCUT2D eigenvalue weighted by Gasteiger charge is 2.21. The first kappa shape index (κ1) is 19.9. The number of rotatable bonds is 7. The Morgan fingerprint density at radius 3 is 2.54 bits per heavy atom. The van der Waals surface area contributed by atoms with Crippen LogP contribution in [0.1, 0.15) is 25.8 Å². The van der Waals surface area contributed by atoms with Crippen LogP contribution in [0.5, 0.6) is 0 Å². The molecule has 0 aliphatic carbocycles. The van der Waals surface area contributed by atoms with Gasteiger partial charge < -0.3 is 15.6 Å². The van der Waals surface area contributed by atoms with Crippen LogP contribution >= 0.6 is 47.8 Å². The number of amides is 1. The van der Waals surface area contributed by atoms with Crippen molar-refractivity contribution in [3.63, 3.8) is 0 Å². The number of carbonyl (C=O) groups is 1. The highest BCUT2D eigenvalue weighted by molar-refractivity contribution is 9.13. The van der Waals surface area contributed by atoms with E-state index in [1.807, 2.05) is 13.1 Å². The van der Waals surface area contributed by atoms with Crippen molar-refractivity contribution in [3.05, 3.63) is 31.2 Å². The maximum atomic E-state index is 12.3. The summed E-state index contributed by atoms with van der Waals surface area (Å²) in [5.41, 5.74) is 2.23. The molecule has 0 fully saturated rings. The number of likely N-dealkylation sites (N-methyl/N-ethyl adjacent to an activating group) is 1. The number of benzene rings is 1. The van der Waals surface area contributed by atoms with Crippen molar-refractivity contribution in [2.45, 2.75) is 32.7 Å². The van der Waals surface area contributed by atoms with E-state index in [9.17, 15) is 4.79 Å². The van der Waals surface area contributed by atoms with Crippen LogP contribution in [-0.4, -0.2) is 30.5 Å². The molecule has 1 aromatic heterocycles. The summed E-state index contributed by atoms with van der Waals surface area (Å²) in [5, 5.41) is 7.31. The number of aromatic nitrogens is 1. The van der Waals surface area contributed by atoms with Gasteiger partial charge in [0.15, 0.2) is 0 Å². The molecule has 3 N–H and O–H groups in total. The number of hydrogen-bond donors (Lipinski definition) is 3. The minimum absolute atomic E-state index is 0.0618. The molecule has 0 saturated heterocycles. The van der Waals surface area contributed by atoms with E-state index in [0.717, 1.165) is 37.3 Å². The first-order valence-electron chi connectivity index (χ1n) is 7.99. The SMILES string of the molecule is CCC(C)C(NC)C(=O)NCCc1c(Br)[nH]c2cc(Br)c(Br)cc12. The molecule has 1 aromatic carbocycles. The number of aromatic amines is 1. The van der Waals surface area contributed by atoms with E-state index in [1.54, 1.807) is 0 Å². The Labute approximate surface area is 167 Å². The van der Waals surface area contributed by atoms with Gasteiger partial charge in [-0.25, -0.2) is 0 Å². The Bertz CT molecular complexity index is 729. The molecule has 1 amide bonds. The molecule has 1 heterocycles. The van der Waals surface area contributed by atoms with Gasteiger partial charge in [0.1, 0.15) is 0 Å². The van der Waals surface area contributed by atoms with Crippen LogP contribution in [0.15, 0.2) is 25.7 Å². The van der Waals surface area contributed by atoms with E-state index < -0.39 is 0 Å². The standard InChI is InChI=1S/C17H22Br3N3O/c1-4-9(2)15(21-3)17(24)22-6-5-10-11-7-12(18)13(19)8-14(11)23-16(10)20/h7-9,15,21,23H,4-6H2,1-3H3,(H,22,24). The molecule has 0 radical (unpaired) electrons. The quantitative estimate of drug-likeness (QED) is 0.490. The van der Waals surface area contributed by atoms with Gasteiger partial charge >= 0.3 is 0 Å². The van der Waals surface area contributed by atoms with Gasteiger partial charge in [-0.3, -0.25) is 4.79 Å². The first-order chi connectivity index (χ1) is 11.4. The van der Waals surface area contributed by atoms with Crippen molar-refractivity contribution >= 4 is 64.6 Å². The van der Waals surface area contributed by atoms with Gasteiger partial charge in [0.2, 0.25) is 5.91 Å². The van der Waals surface area contributed by atoms with E-state index in [0.29, 0.717) is 12.5 Å². The first-order valence-corrected chi connectivity index (χ1v) is 10.4. The van der Waals surface area contributed by atoms with Crippen molar-refractivity contribution in [2.24, 2.45) is 5.92 Å². The molecule has 2 atom stereocenters. The Morgan fingerprint density at radius 1 is 1.25 bits per heavy atom. The zero-order chi connectivity index (χ0) is 17.9. The van der Waals surface area contributed by atoms with E-state index in [1.165, 1.54) is 5.56 Å². The van der Waals surface area contributed by atoms with Crippen LogP contribution in [0.3, 0.4) is 0 Å². The zero-order valence-electron chi connectivity index (χ0n) is 14.0. The molecular weight excluding hydrogens is 502 g/mol. The summed E-state index contributed by atoms with van der Waals surface area (Å²) < 4.78 is 2.98. The minimum Gasteiger partial charge on any atom is -0.354 e. The lowest BCUT2D eigenvalue weighted by molar-refractivity contribution is -0.124. The Morgan fingerprint density at radius 2 is 1.92 bits per heavy atom. The predicted molar refractivity (Wildman–Crippen MR) is 110 cm³/mol. The summed E-state index contributed by atoms with van der Waals surface area (Å²) in [7, 11) is 1.84. The van der Waals surface area contributed by atoms with Crippen LogP contribution in [-0.2, 0) is 11.2 Å². The van der Waals surface area contributed by atoms with Gasteiger partial charge in [0, 0.05) is 26.4 Å². The third-order valence-electron chi connectivity index (χ3n) is 4.38. The molecule has 0 aliphatic heterocycles. The Hall–Kier alpha value is -0.370. The number of fused-ring (bicyclic) bond motifs is 1. The summed E-state index contributed by atoms with van der Waals surface area (Å²) in [6, 6.07) is 3.99. The highest BCUT2D eigenvalue weighted by Crippen LogP contribution is 2.33. The summed E-state index contributed by atoms with van der Waals surface area (Å²) in [6.45, 7) is 4.79. The Kier molecular flexibility index (Phi) is 7.34. The van der Waals surface area contributed by atoms with Crippen molar-refractivity contribution in [1.82, 2.24) is 15.6 Å². The molecule has 24 heavy (non-hydrogen) atoms. The minimum atomic E-state index is -0.147. The largest absolute Gasteiger partial charge is 0.354 e. The van der Waals surface area contributed by atoms with E-state index in [-0.39, 0.29) is 11.9 Å². The fourth-order valence-electron chi connectivity index (χ4n) is 2.79. The van der Waals surface area contributed by atoms with E-state index >= 15 is 0 Å². The maximum absolute atomic E-state index is 12.3. The number of H-pyrrole nitrogens is 1. The van der Waals surface area contributed by atoms with Gasteiger partial charge in [0.05, 0.1) is 10.6 Å². The molecule has 2 unspecified atom stereocenters. The lowest BCUT2D eigenvalue weighted by atomic mass is 9.98. The van der Waals surface area contributed by atoms with Crippen LogP contribution in [0, 0.1) is 5.92 Å². The fourth-order valence-corrected chi connectivity index (χ4v) is 4.10. The molecule has 4 nitrogen and oxygen atoms in total. The molecular formula is C17H22Br3N3O. The van der Waals surface area contributed by atoms with Gasteiger partial charge in [-0.2, -0.15) is 0 Å². The third-order valence-corrected chi connectivity index (χ3v) is 6.90. The van der Waals surface area contributed by atoms with Crippen molar-refractivity contribution in [3.8, 4) is 0 Å². The summed E-state index contributed by atoms with van der Waals surface area (Å²) in [5.74, 6) is 0.370. The van der Waals surface area contributed by atoms with Crippen molar-refractivity contribution in [2.75, 3.05) is 13.6 Å². The predicted octanol–water partition coefficient (Wildman–Crippen LogP) is 4.75. The summed E-state index contributed by atoms with van der Waals surface area (Å²) >= 11 is 10.7. The molecule has 0 spiro atoms. The molecule has 0 aliphatic rings. The molecule has 132 valence electrons.